The van der Waals surface area contributed by atoms with Crippen molar-refractivity contribution < 1.29 is 26.4 Å². The first-order valence-electron chi connectivity index (χ1n) is 14.4. The summed E-state index contributed by atoms with van der Waals surface area (Å²) in [5, 5.41) is 3.50. The lowest BCUT2D eigenvalue weighted by Gasteiger charge is -2.43. The Hall–Kier alpha value is -2.97. The van der Waals surface area contributed by atoms with Gasteiger partial charge in [-0.2, -0.15) is 0 Å². The number of anilines is 3. The van der Waals surface area contributed by atoms with Gasteiger partial charge in [-0.05, 0) is 37.5 Å². The normalized spacial score (nSPS) is 24.2. The molecule has 12 nitrogen and oxygen atoms in total. The first-order chi connectivity index (χ1) is 19.9. The van der Waals surface area contributed by atoms with Gasteiger partial charge >= 0.3 is 0 Å². The Morgan fingerprint density at radius 3 is 2.57 bits per heavy atom. The maximum atomic E-state index is 12.5. The fraction of sp³-hybridized carbons (Fsp3) is 0.607. The van der Waals surface area contributed by atoms with E-state index in [9.17, 15) is 21.6 Å². The third-order valence-corrected chi connectivity index (χ3v) is 11.4. The predicted octanol–water partition coefficient (Wildman–Crippen LogP) is 1.65. The Morgan fingerprint density at radius 1 is 1.12 bits per heavy atom. The minimum Gasteiger partial charge on any atom is -0.483 e. The molecule has 0 saturated carbocycles. The zero-order valence-electron chi connectivity index (χ0n) is 24.2. The molecule has 42 heavy (non-hydrogen) atoms. The van der Waals surface area contributed by atoms with Gasteiger partial charge in [0, 0.05) is 63.9 Å². The van der Waals surface area contributed by atoms with Crippen LogP contribution in [0.25, 0.3) is 0 Å². The van der Waals surface area contributed by atoms with Crippen molar-refractivity contribution in [3.8, 4) is 5.75 Å². The largest absolute Gasteiger partial charge is 0.483 e. The molecule has 228 valence electrons. The number of carbonyl (C=O) groups excluding carboxylic acids is 1. The third kappa shape index (κ3) is 5.93. The van der Waals surface area contributed by atoms with Crippen molar-refractivity contribution >= 4 is 42.9 Å². The molecule has 0 spiro atoms. The molecular weight excluding hydrogens is 580 g/mol. The van der Waals surface area contributed by atoms with Crippen LogP contribution >= 0.6 is 0 Å². The smallest absolute Gasteiger partial charge is 0.223 e. The Morgan fingerprint density at radius 2 is 1.86 bits per heavy atom. The van der Waals surface area contributed by atoms with E-state index in [1.807, 2.05) is 18.7 Å². The Kier molecular flexibility index (Phi) is 7.59. The highest BCUT2D eigenvalue weighted by molar-refractivity contribution is 7.91. The van der Waals surface area contributed by atoms with E-state index in [4.69, 9.17) is 4.74 Å². The zero-order chi connectivity index (χ0) is 29.8. The van der Waals surface area contributed by atoms with Gasteiger partial charge in [0.2, 0.25) is 5.91 Å². The molecule has 5 heterocycles. The second-order valence-electron chi connectivity index (χ2n) is 12.0. The van der Waals surface area contributed by atoms with E-state index in [1.54, 1.807) is 4.90 Å². The molecule has 1 aromatic heterocycles. The fourth-order valence-corrected chi connectivity index (χ4v) is 8.15. The van der Waals surface area contributed by atoms with E-state index in [1.165, 1.54) is 11.9 Å². The molecule has 2 aromatic rings. The molecule has 6 rings (SSSR count). The lowest BCUT2D eigenvalue weighted by molar-refractivity contribution is -0.130. The molecule has 1 amide bonds. The Balaban J connectivity index is 1.14. The molecule has 4 aliphatic rings. The van der Waals surface area contributed by atoms with Crippen molar-refractivity contribution in [1.82, 2.24) is 19.8 Å². The number of likely N-dealkylation sites (tertiary alicyclic amines) is 2. The van der Waals surface area contributed by atoms with E-state index in [0.29, 0.717) is 49.8 Å². The Bertz CT molecular complexity index is 1590. The van der Waals surface area contributed by atoms with E-state index < -0.39 is 19.7 Å². The van der Waals surface area contributed by atoms with Crippen LogP contribution in [0.5, 0.6) is 5.75 Å². The third-order valence-electron chi connectivity index (χ3n) is 8.86. The van der Waals surface area contributed by atoms with Crippen molar-refractivity contribution in [2.75, 3.05) is 73.0 Å². The van der Waals surface area contributed by atoms with Crippen LogP contribution in [-0.4, -0.2) is 111 Å². The molecule has 0 bridgehead atoms. The van der Waals surface area contributed by atoms with Crippen LogP contribution < -0.4 is 15.0 Å². The number of hydrogen-bond donors (Lipinski definition) is 1. The van der Waals surface area contributed by atoms with E-state index in [2.05, 4.69) is 32.3 Å². The summed E-state index contributed by atoms with van der Waals surface area (Å²) >= 11 is 0. The highest BCUT2D eigenvalue weighted by Crippen LogP contribution is 2.45. The van der Waals surface area contributed by atoms with Gasteiger partial charge in [0.05, 0.1) is 28.5 Å². The minimum atomic E-state index is -3.15. The summed E-state index contributed by atoms with van der Waals surface area (Å²) in [6.07, 6.45) is 3.29. The van der Waals surface area contributed by atoms with Crippen LogP contribution in [0.3, 0.4) is 0 Å². The number of hydrogen-bond acceptors (Lipinski definition) is 11. The maximum absolute atomic E-state index is 12.5. The van der Waals surface area contributed by atoms with Gasteiger partial charge in [-0.25, -0.2) is 26.8 Å². The summed E-state index contributed by atoms with van der Waals surface area (Å²) in [4.78, 5) is 27.8. The van der Waals surface area contributed by atoms with Crippen molar-refractivity contribution in [1.29, 1.82) is 0 Å². The van der Waals surface area contributed by atoms with Gasteiger partial charge in [0.25, 0.3) is 0 Å². The molecule has 3 saturated heterocycles. The second-order valence-corrected chi connectivity index (χ2v) is 16.6. The zero-order valence-corrected chi connectivity index (χ0v) is 25.9. The Labute approximate surface area is 247 Å². The number of amides is 1. The summed E-state index contributed by atoms with van der Waals surface area (Å²) < 4.78 is 53.4. The minimum absolute atomic E-state index is 0.0474. The van der Waals surface area contributed by atoms with Gasteiger partial charge in [0.1, 0.15) is 39.7 Å². The van der Waals surface area contributed by atoms with Crippen LogP contribution in [0, 0.1) is 6.92 Å². The fourth-order valence-electron chi connectivity index (χ4n) is 6.41. The van der Waals surface area contributed by atoms with Crippen molar-refractivity contribution in [2.45, 2.75) is 44.8 Å². The predicted molar refractivity (Wildman–Crippen MR) is 160 cm³/mol. The van der Waals surface area contributed by atoms with Crippen LogP contribution in [0.4, 0.5) is 17.3 Å². The molecule has 2 atom stereocenters. The van der Waals surface area contributed by atoms with E-state index in [0.717, 1.165) is 48.3 Å². The van der Waals surface area contributed by atoms with Crippen molar-refractivity contribution in [3.63, 3.8) is 0 Å². The highest BCUT2D eigenvalue weighted by atomic mass is 32.2. The number of benzene rings is 1. The number of nitrogens with one attached hydrogen (secondary N) is 1. The van der Waals surface area contributed by atoms with Crippen molar-refractivity contribution in [2.24, 2.45) is 0 Å². The topological polar surface area (TPSA) is 142 Å². The lowest BCUT2D eigenvalue weighted by Crippen LogP contribution is -2.51. The highest BCUT2D eigenvalue weighted by Gasteiger charge is 2.39. The number of fused-ring (bicyclic) bond motifs is 2. The summed E-state index contributed by atoms with van der Waals surface area (Å²) in [5.41, 5.74) is 3.91. The number of ether oxygens (including phenoxy) is 1. The van der Waals surface area contributed by atoms with Crippen molar-refractivity contribution in [3.05, 3.63) is 35.2 Å². The first-order valence-corrected chi connectivity index (χ1v) is 18.3. The van der Waals surface area contributed by atoms with Gasteiger partial charge in [0.15, 0.2) is 9.84 Å². The van der Waals surface area contributed by atoms with Gasteiger partial charge in [-0.3, -0.25) is 9.69 Å². The first kappa shape index (κ1) is 29.1. The molecule has 0 radical (unpaired) electrons. The number of rotatable bonds is 6. The summed E-state index contributed by atoms with van der Waals surface area (Å²) in [6.45, 7) is 7.90. The van der Waals surface area contributed by atoms with Crippen LogP contribution in [0.1, 0.15) is 48.5 Å². The summed E-state index contributed by atoms with van der Waals surface area (Å²) in [6, 6.07) is 4.61. The number of nitrogens with zero attached hydrogens (tertiary/aromatic N) is 5. The molecule has 14 heteroatoms. The van der Waals surface area contributed by atoms with Crippen LogP contribution in [0.2, 0.25) is 0 Å². The quantitative estimate of drug-likeness (QED) is 0.505. The average Bonchev–Trinajstić information content (AvgIpc) is 3.32. The lowest BCUT2D eigenvalue weighted by atomic mass is 9.88. The number of sulfone groups is 2. The van der Waals surface area contributed by atoms with Crippen LogP contribution in [-0.2, 0) is 24.5 Å². The standard InChI is InChI=1S/C28H38N6O6S2/c1-18-12-20(21-14-34(15-21)22-4-6-33(16-22)24(35)5-9-41(3,36)37)13-23-26(18)40-19(2)25-27(31-23)29-17-30-28(25)32-7-10-42(38,39)11-8-32/h12-13,17,19,21-22H,4-11,14-16H2,1-3H3,(H,29,30,31)/t19-,22?/m0/s1. The number of aryl methyl sites for hydroxylation is 1. The second kappa shape index (κ2) is 10.9. The average molecular weight is 619 g/mol. The molecule has 1 aromatic carbocycles. The summed E-state index contributed by atoms with van der Waals surface area (Å²) in [7, 11) is -6.18. The molecule has 4 aliphatic heterocycles. The van der Waals surface area contributed by atoms with Crippen LogP contribution in [0.15, 0.2) is 18.5 Å². The van der Waals surface area contributed by atoms with Gasteiger partial charge in [-0.15, -0.1) is 0 Å². The SMILES string of the molecule is Cc1cc(C2CN(C3CCN(C(=O)CCS(C)(=O)=O)C3)C2)cc2c1O[C@@H](C)c1c(ncnc1N1CCS(=O)(=O)CC1)N2. The van der Waals surface area contributed by atoms with Gasteiger partial charge < -0.3 is 19.9 Å². The number of carbonyl (C=O) groups is 1. The summed E-state index contributed by atoms with van der Waals surface area (Å²) in [5.74, 6) is 2.51. The molecule has 1 N–H and O–H groups in total. The maximum Gasteiger partial charge on any atom is 0.223 e. The van der Waals surface area contributed by atoms with Gasteiger partial charge in [-0.1, -0.05) is 6.07 Å². The molecule has 3 fully saturated rings. The molecular formula is C28H38N6O6S2. The number of aromatic nitrogens is 2. The van der Waals surface area contributed by atoms with E-state index in [-0.39, 0.29) is 35.7 Å². The monoisotopic (exact) mass is 618 g/mol. The van der Waals surface area contributed by atoms with E-state index >= 15 is 0 Å². The molecule has 0 aliphatic carbocycles. The molecule has 1 unspecified atom stereocenters.